The molecule has 1 saturated heterocycles. The Morgan fingerprint density at radius 1 is 1.08 bits per heavy atom. The predicted octanol–water partition coefficient (Wildman–Crippen LogP) is 2.44. The molecule has 1 aliphatic carbocycles. The maximum Gasteiger partial charge on any atom is 0.254 e. The highest BCUT2D eigenvalue weighted by atomic mass is 79.9. The van der Waals surface area contributed by atoms with Crippen LogP contribution in [0.3, 0.4) is 0 Å². The number of carbonyl (C=O) groups excluding carboxylic acids is 2. The van der Waals surface area contributed by atoms with Gasteiger partial charge in [0.25, 0.3) is 5.91 Å². The van der Waals surface area contributed by atoms with Gasteiger partial charge in [0.05, 0.1) is 0 Å². The maximum absolute atomic E-state index is 12.7. The molecule has 3 N–H and O–H groups in total. The van der Waals surface area contributed by atoms with Crippen LogP contribution in [0, 0.1) is 0 Å². The van der Waals surface area contributed by atoms with Gasteiger partial charge in [-0.2, -0.15) is 0 Å². The molecule has 1 aromatic rings. The molecule has 1 unspecified atom stereocenters. The Labute approximate surface area is 151 Å². The Morgan fingerprint density at radius 3 is 2.42 bits per heavy atom. The first-order valence-corrected chi connectivity index (χ1v) is 9.46. The molecule has 1 saturated carbocycles. The van der Waals surface area contributed by atoms with Crippen molar-refractivity contribution in [2.75, 3.05) is 6.54 Å². The summed E-state index contributed by atoms with van der Waals surface area (Å²) in [6, 6.07) is 7.40. The molecule has 0 aromatic heterocycles. The fourth-order valence-corrected chi connectivity index (χ4v) is 3.87. The van der Waals surface area contributed by atoms with E-state index >= 15 is 0 Å². The maximum atomic E-state index is 12.7. The molecule has 0 spiro atoms. The van der Waals surface area contributed by atoms with E-state index in [9.17, 15) is 9.59 Å². The highest BCUT2D eigenvalue weighted by Crippen LogP contribution is 2.23. The number of nitrogens with zero attached hydrogens (tertiary/aromatic N) is 1. The summed E-state index contributed by atoms with van der Waals surface area (Å²) in [5, 5.41) is 3.13. The normalized spacial score (nSPS) is 27.1. The summed E-state index contributed by atoms with van der Waals surface area (Å²) in [4.78, 5) is 27.1. The number of nitrogens with two attached hydrogens (primary N) is 1. The van der Waals surface area contributed by atoms with E-state index in [2.05, 4.69) is 21.2 Å². The van der Waals surface area contributed by atoms with E-state index in [-0.39, 0.29) is 29.9 Å². The molecule has 1 heterocycles. The number of nitrogens with one attached hydrogen (secondary N) is 1. The lowest BCUT2D eigenvalue weighted by molar-refractivity contribution is -0.125. The number of halogens is 1. The summed E-state index contributed by atoms with van der Waals surface area (Å²) >= 11 is 3.37. The molecule has 0 radical (unpaired) electrons. The van der Waals surface area contributed by atoms with E-state index in [1.165, 1.54) is 0 Å². The Morgan fingerprint density at radius 2 is 1.75 bits per heavy atom. The molecule has 1 aromatic carbocycles. The Kier molecular flexibility index (Phi) is 5.56. The monoisotopic (exact) mass is 393 g/mol. The number of likely N-dealkylation sites (tertiary alicyclic amines) is 1. The lowest BCUT2D eigenvalue weighted by Crippen LogP contribution is -2.50. The van der Waals surface area contributed by atoms with Gasteiger partial charge in [-0.1, -0.05) is 15.9 Å². The summed E-state index contributed by atoms with van der Waals surface area (Å²) in [5.41, 5.74) is 6.54. The zero-order valence-electron chi connectivity index (χ0n) is 13.7. The van der Waals surface area contributed by atoms with Gasteiger partial charge in [-0.15, -0.1) is 0 Å². The topological polar surface area (TPSA) is 75.4 Å². The first kappa shape index (κ1) is 17.4. The lowest BCUT2D eigenvalue weighted by Gasteiger charge is -2.30. The summed E-state index contributed by atoms with van der Waals surface area (Å²) in [5.74, 6) is -0.0794. The van der Waals surface area contributed by atoms with Crippen LogP contribution in [0.25, 0.3) is 0 Å². The minimum atomic E-state index is -0.350. The van der Waals surface area contributed by atoms with Crippen molar-refractivity contribution in [3.8, 4) is 0 Å². The first-order valence-electron chi connectivity index (χ1n) is 8.67. The van der Waals surface area contributed by atoms with Crippen molar-refractivity contribution >= 4 is 27.7 Å². The third-order valence-corrected chi connectivity index (χ3v) is 5.55. The summed E-state index contributed by atoms with van der Waals surface area (Å²) in [6.07, 6.45) is 5.38. The van der Waals surface area contributed by atoms with Gasteiger partial charge in [0.2, 0.25) is 5.91 Å². The second-order valence-corrected chi connectivity index (χ2v) is 7.70. The van der Waals surface area contributed by atoms with Gasteiger partial charge >= 0.3 is 0 Å². The van der Waals surface area contributed by atoms with E-state index < -0.39 is 0 Å². The first-order chi connectivity index (χ1) is 11.5. The highest BCUT2D eigenvalue weighted by Gasteiger charge is 2.35. The number of benzene rings is 1. The number of rotatable bonds is 3. The molecule has 2 aliphatic rings. The van der Waals surface area contributed by atoms with Crippen LogP contribution in [0.15, 0.2) is 28.7 Å². The van der Waals surface area contributed by atoms with E-state index in [0.29, 0.717) is 12.1 Å². The molecule has 24 heavy (non-hydrogen) atoms. The van der Waals surface area contributed by atoms with Crippen molar-refractivity contribution in [2.24, 2.45) is 5.73 Å². The molecular formula is C18H24BrN3O2. The van der Waals surface area contributed by atoms with Crippen LogP contribution in [-0.4, -0.2) is 41.4 Å². The number of carbonyl (C=O) groups is 2. The molecule has 0 bridgehead atoms. The minimum absolute atomic E-state index is 0.0153. The quantitative estimate of drug-likeness (QED) is 0.827. The largest absolute Gasteiger partial charge is 0.352 e. The smallest absolute Gasteiger partial charge is 0.254 e. The van der Waals surface area contributed by atoms with E-state index in [4.69, 9.17) is 5.73 Å². The SMILES string of the molecule is NC1CCC(NC(=O)C2CCCN2C(=O)c2ccc(Br)cc2)CC1. The zero-order valence-corrected chi connectivity index (χ0v) is 15.3. The molecule has 130 valence electrons. The average Bonchev–Trinajstić information content (AvgIpc) is 3.07. The Balaban J connectivity index is 1.63. The zero-order chi connectivity index (χ0) is 17.1. The van der Waals surface area contributed by atoms with Gasteiger partial charge in [0.1, 0.15) is 6.04 Å². The number of amides is 2. The molecule has 5 nitrogen and oxygen atoms in total. The van der Waals surface area contributed by atoms with Crippen molar-refractivity contribution in [2.45, 2.75) is 56.7 Å². The van der Waals surface area contributed by atoms with Crippen LogP contribution in [0.5, 0.6) is 0 Å². The third-order valence-electron chi connectivity index (χ3n) is 5.03. The van der Waals surface area contributed by atoms with Gasteiger partial charge in [0, 0.05) is 28.7 Å². The molecular weight excluding hydrogens is 370 g/mol. The standard InChI is InChI=1S/C18H24BrN3O2/c19-13-5-3-12(4-6-13)18(24)22-11-1-2-16(22)17(23)21-15-9-7-14(20)8-10-15/h3-6,14-16H,1-2,7-11,20H2,(H,21,23). The Hall–Kier alpha value is -1.40. The molecule has 3 rings (SSSR count). The molecule has 1 aliphatic heterocycles. The van der Waals surface area contributed by atoms with Crippen molar-refractivity contribution in [1.29, 1.82) is 0 Å². The number of hydrogen-bond acceptors (Lipinski definition) is 3. The average molecular weight is 394 g/mol. The van der Waals surface area contributed by atoms with Crippen LogP contribution in [0.4, 0.5) is 0 Å². The third kappa shape index (κ3) is 3.98. The van der Waals surface area contributed by atoms with Gasteiger partial charge < -0.3 is 16.0 Å². The second kappa shape index (κ2) is 7.66. The van der Waals surface area contributed by atoms with Gasteiger partial charge in [0.15, 0.2) is 0 Å². The molecule has 2 amide bonds. The van der Waals surface area contributed by atoms with Gasteiger partial charge in [-0.05, 0) is 62.8 Å². The number of hydrogen-bond donors (Lipinski definition) is 2. The molecule has 1 atom stereocenters. The Bertz CT molecular complexity index is 597. The highest BCUT2D eigenvalue weighted by molar-refractivity contribution is 9.10. The van der Waals surface area contributed by atoms with E-state index in [1.807, 2.05) is 12.1 Å². The van der Waals surface area contributed by atoms with Gasteiger partial charge in [-0.25, -0.2) is 0 Å². The van der Waals surface area contributed by atoms with Crippen LogP contribution in [-0.2, 0) is 4.79 Å². The van der Waals surface area contributed by atoms with E-state index in [1.54, 1.807) is 17.0 Å². The van der Waals surface area contributed by atoms with Crippen LogP contribution in [0.2, 0.25) is 0 Å². The summed E-state index contributed by atoms with van der Waals surface area (Å²) in [6.45, 7) is 0.641. The van der Waals surface area contributed by atoms with Crippen LogP contribution in [0.1, 0.15) is 48.9 Å². The minimum Gasteiger partial charge on any atom is -0.352 e. The van der Waals surface area contributed by atoms with Gasteiger partial charge in [-0.3, -0.25) is 9.59 Å². The van der Waals surface area contributed by atoms with Crippen molar-refractivity contribution in [1.82, 2.24) is 10.2 Å². The summed E-state index contributed by atoms with van der Waals surface area (Å²) < 4.78 is 0.935. The predicted molar refractivity (Wildman–Crippen MR) is 96.6 cm³/mol. The van der Waals surface area contributed by atoms with E-state index in [0.717, 1.165) is 43.0 Å². The lowest BCUT2D eigenvalue weighted by atomic mass is 9.91. The van der Waals surface area contributed by atoms with Crippen LogP contribution >= 0.6 is 15.9 Å². The van der Waals surface area contributed by atoms with Crippen molar-refractivity contribution in [3.05, 3.63) is 34.3 Å². The van der Waals surface area contributed by atoms with Crippen molar-refractivity contribution < 1.29 is 9.59 Å². The fourth-order valence-electron chi connectivity index (χ4n) is 3.60. The van der Waals surface area contributed by atoms with Crippen molar-refractivity contribution in [3.63, 3.8) is 0 Å². The summed E-state index contributed by atoms with van der Waals surface area (Å²) in [7, 11) is 0. The second-order valence-electron chi connectivity index (χ2n) is 6.78. The molecule has 2 fully saturated rings. The van der Waals surface area contributed by atoms with Crippen LogP contribution < -0.4 is 11.1 Å². The molecule has 6 heteroatoms. The fraction of sp³-hybridized carbons (Fsp3) is 0.556.